The molecular formula is C24H37F. The van der Waals surface area contributed by atoms with Gasteiger partial charge in [-0.1, -0.05) is 97.4 Å². The Labute approximate surface area is 155 Å². The lowest BCUT2D eigenvalue weighted by Crippen LogP contribution is -1.98. The summed E-state index contributed by atoms with van der Waals surface area (Å²) in [5, 5.41) is 0. The fourth-order valence-corrected chi connectivity index (χ4v) is 2.41. The molecule has 0 saturated heterocycles. The van der Waals surface area contributed by atoms with E-state index in [0.29, 0.717) is 17.1 Å². The molecule has 0 aromatic carbocycles. The summed E-state index contributed by atoms with van der Waals surface area (Å²) in [6, 6.07) is 0. The van der Waals surface area contributed by atoms with E-state index in [1.807, 2.05) is 12.2 Å². The van der Waals surface area contributed by atoms with Crippen LogP contribution in [0.5, 0.6) is 0 Å². The van der Waals surface area contributed by atoms with Gasteiger partial charge in [0.15, 0.2) is 0 Å². The molecule has 2 unspecified atom stereocenters. The van der Waals surface area contributed by atoms with Crippen molar-refractivity contribution in [2.24, 2.45) is 11.8 Å². The topological polar surface area (TPSA) is 0 Å². The minimum Gasteiger partial charge on any atom is -0.206 e. The van der Waals surface area contributed by atoms with Gasteiger partial charge in [-0.3, -0.25) is 0 Å². The number of halogens is 1. The third-order valence-corrected chi connectivity index (χ3v) is 4.73. The highest BCUT2D eigenvalue weighted by Crippen LogP contribution is 2.25. The van der Waals surface area contributed by atoms with Crippen molar-refractivity contribution in [1.29, 1.82) is 0 Å². The first-order valence-corrected chi connectivity index (χ1v) is 9.55. The van der Waals surface area contributed by atoms with Crippen molar-refractivity contribution >= 4 is 0 Å². The number of hydrogen-bond donors (Lipinski definition) is 0. The average molecular weight is 345 g/mol. The van der Waals surface area contributed by atoms with Gasteiger partial charge in [-0.2, -0.15) is 0 Å². The molecule has 2 atom stereocenters. The van der Waals surface area contributed by atoms with E-state index < -0.39 is 0 Å². The third kappa shape index (κ3) is 9.43. The Hall–Kier alpha value is -1.63. The van der Waals surface area contributed by atoms with Crippen molar-refractivity contribution in [3.05, 3.63) is 72.7 Å². The van der Waals surface area contributed by atoms with Crippen LogP contribution in [-0.2, 0) is 0 Å². The molecule has 0 aliphatic heterocycles. The Bertz CT molecular complexity index is 530. The minimum atomic E-state index is -0.354. The molecule has 0 saturated carbocycles. The van der Waals surface area contributed by atoms with Gasteiger partial charge in [0.2, 0.25) is 0 Å². The van der Waals surface area contributed by atoms with Crippen LogP contribution in [0, 0.1) is 11.8 Å². The Kier molecular flexibility index (Phi) is 11.9. The van der Waals surface area contributed by atoms with Crippen LogP contribution in [-0.4, -0.2) is 0 Å². The molecule has 25 heavy (non-hydrogen) atoms. The van der Waals surface area contributed by atoms with E-state index in [-0.39, 0.29) is 11.7 Å². The Balaban J connectivity index is 4.73. The molecule has 0 radical (unpaired) electrons. The van der Waals surface area contributed by atoms with E-state index in [1.54, 1.807) is 0 Å². The van der Waals surface area contributed by atoms with Crippen LogP contribution in [0.2, 0.25) is 0 Å². The smallest absolute Gasteiger partial charge is 0.130 e. The van der Waals surface area contributed by atoms with E-state index in [9.17, 15) is 4.39 Å². The molecule has 140 valence electrons. The van der Waals surface area contributed by atoms with Gasteiger partial charge in [0.1, 0.15) is 5.83 Å². The highest BCUT2D eigenvalue weighted by molar-refractivity contribution is 5.48. The molecule has 0 aliphatic carbocycles. The van der Waals surface area contributed by atoms with Gasteiger partial charge in [0.25, 0.3) is 0 Å². The highest BCUT2D eigenvalue weighted by atomic mass is 19.1. The summed E-state index contributed by atoms with van der Waals surface area (Å²) >= 11 is 0. The van der Waals surface area contributed by atoms with E-state index in [0.717, 1.165) is 36.8 Å². The van der Waals surface area contributed by atoms with Gasteiger partial charge < -0.3 is 0 Å². The van der Waals surface area contributed by atoms with Crippen molar-refractivity contribution in [3.8, 4) is 0 Å². The monoisotopic (exact) mass is 344 g/mol. The summed E-state index contributed by atoms with van der Waals surface area (Å²) in [6.45, 7) is 24.5. The largest absolute Gasteiger partial charge is 0.206 e. The van der Waals surface area contributed by atoms with Gasteiger partial charge in [-0.05, 0) is 41.9 Å². The molecule has 0 aromatic rings. The molecule has 0 N–H and O–H groups in total. The second-order valence-electron chi connectivity index (χ2n) is 7.07. The van der Waals surface area contributed by atoms with Crippen LogP contribution in [0.3, 0.4) is 0 Å². The normalized spacial score (nSPS) is 14.4. The molecule has 0 amide bonds. The maximum Gasteiger partial charge on any atom is 0.130 e. The van der Waals surface area contributed by atoms with Gasteiger partial charge in [-0.15, -0.1) is 0 Å². The number of unbranched alkanes of at least 4 members (excludes halogenated alkanes) is 2. The van der Waals surface area contributed by atoms with Crippen molar-refractivity contribution in [1.82, 2.24) is 0 Å². The van der Waals surface area contributed by atoms with Crippen LogP contribution in [0.4, 0.5) is 4.39 Å². The fraction of sp³-hybridized carbons (Fsp3) is 0.500. The van der Waals surface area contributed by atoms with Gasteiger partial charge in [-0.25, -0.2) is 4.39 Å². The zero-order chi connectivity index (χ0) is 19.4. The SMILES string of the molecule is C=C(/C=C\C(=C)C(C)CCCC)C(=C)/C(F)=C\C(=C)C(C)CCCC. The molecular weight excluding hydrogens is 307 g/mol. The third-order valence-electron chi connectivity index (χ3n) is 4.73. The molecule has 0 bridgehead atoms. The van der Waals surface area contributed by atoms with Crippen LogP contribution in [0.1, 0.15) is 66.2 Å². The van der Waals surface area contributed by atoms with Gasteiger partial charge in [0, 0.05) is 5.57 Å². The molecule has 0 rings (SSSR count). The average Bonchev–Trinajstić information content (AvgIpc) is 2.60. The predicted molar refractivity (Wildman–Crippen MR) is 112 cm³/mol. The summed E-state index contributed by atoms with van der Waals surface area (Å²) in [7, 11) is 0. The van der Waals surface area contributed by atoms with Gasteiger partial charge >= 0.3 is 0 Å². The van der Waals surface area contributed by atoms with E-state index in [2.05, 4.69) is 54.0 Å². The Morgan fingerprint density at radius 1 is 0.840 bits per heavy atom. The lowest BCUT2D eigenvalue weighted by molar-refractivity contribution is 0.577. The number of rotatable bonds is 13. The minimum absolute atomic E-state index is 0.279. The first-order valence-electron chi connectivity index (χ1n) is 9.55. The summed E-state index contributed by atoms with van der Waals surface area (Å²) in [6.07, 6.45) is 12.0. The van der Waals surface area contributed by atoms with Crippen LogP contribution < -0.4 is 0 Å². The van der Waals surface area contributed by atoms with E-state index >= 15 is 0 Å². The first-order chi connectivity index (χ1) is 11.7. The number of hydrogen-bond acceptors (Lipinski definition) is 0. The maximum atomic E-state index is 14.4. The summed E-state index contributed by atoms with van der Waals surface area (Å²) < 4.78 is 14.4. The molecule has 0 aliphatic rings. The fourth-order valence-electron chi connectivity index (χ4n) is 2.41. The number of allylic oxidation sites excluding steroid dienone is 8. The molecule has 0 nitrogen and oxygen atoms in total. The summed E-state index contributed by atoms with van der Waals surface area (Å²) in [5.74, 6) is 0.353. The second-order valence-corrected chi connectivity index (χ2v) is 7.07. The first kappa shape index (κ1) is 23.4. The molecule has 0 spiro atoms. The predicted octanol–water partition coefficient (Wildman–Crippen LogP) is 8.27. The summed E-state index contributed by atoms with van der Waals surface area (Å²) in [5.41, 5.74) is 2.74. The highest BCUT2D eigenvalue weighted by Gasteiger charge is 2.09. The maximum absolute atomic E-state index is 14.4. The van der Waals surface area contributed by atoms with E-state index in [1.165, 1.54) is 18.9 Å². The van der Waals surface area contributed by atoms with Crippen LogP contribution >= 0.6 is 0 Å². The molecule has 0 heterocycles. The van der Waals surface area contributed by atoms with Gasteiger partial charge in [0.05, 0.1) is 0 Å². The molecule has 1 heteroatoms. The lowest BCUT2D eigenvalue weighted by Gasteiger charge is -2.12. The van der Waals surface area contributed by atoms with Crippen molar-refractivity contribution in [2.45, 2.75) is 66.2 Å². The molecule has 0 aromatic heterocycles. The van der Waals surface area contributed by atoms with Crippen molar-refractivity contribution < 1.29 is 4.39 Å². The second kappa shape index (κ2) is 12.7. The Morgan fingerprint density at radius 3 is 1.80 bits per heavy atom. The standard InChI is InChI=1S/C24H37F/c1-9-11-13-18(3)20(5)15-16-21(6)23(8)24(25)17-22(7)19(4)14-12-10-2/h15-19H,5-14H2,1-4H3/b16-15-,24-17+. The van der Waals surface area contributed by atoms with Crippen LogP contribution in [0.25, 0.3) is 0 Å². The molecule has 0 fully saturated rings. The summed E-state index contributed by atoms with van der Waals surface area (Å²) in [4.78, 5) is 0. The zero-order valence-corrected chi connectivity index (χ0v) is 16.8. The van der Waals surface area contributed by atoms with E-state index in [4.69, 9.17) is 0 Å². The van der Waals surface area contributed by atoms with Crippen LogP contribution in [0.15, 0.2) is 72.7 Å². The lowest BCUT2D eigenvalue weighted by atomic mass is 9.94. The van der Waals surface area contributed by atoms with Crippen molar-refractivity contribution in [2.75, 3.05) is 0 Å². The zero-order valence-electron chi connectivity index (χ0n) is 16.8. The van der Waals surface area contributed by atoms with Crippen molar-refractivity contribution in [3.63, 3.8) is 0 Å². The quantitative estimate of drug-likeness (QED) is 0.295. The Morgan fingerprint density at radius 2 is 1.32 bits per heavy atom.